The Morgan fingerprint density at radius 2 is 1.95 bits per heavy atom. The van der Waals surface area contributed by atoms with Gasteiger partial charge in [-0.25, -0.2) is 0 Å². The van der Waals surface area contributed by atoms with E-state index in [4.69, 9.17) is 17.3 Å². The lowest BCUT2D eigenvalue weighted by molar-refractivity contribution is -0.136. The number of aliphatic carboxylic acids is 1. The second-order valence-corrected chi connectivity index (χ2v) is 5.90. The lowest BCUT2D eigenvalue weighted by Crippen LogP contribution is -2.53. The highest BCUT2D eigenvalue weighted by Gasteiger charge is 2.27. The standard InChI is InChI=1S/C15H18N2O2S/c1-10-9-15(2,3)16-14(20)17(10)12-6-4-11(5-7-12)8-13(18)19/h4-7,9H,8H2,1-3H3,(H,16,20)(H,18,19). The fourth-order valence-electron chi connectivity index (χ4n) is 2.37. The van der Waals surface area contributed by atoms with Gasteiger partial charge in [-0.3, -0.25) is 9.69 Å². The average Bonchev–Trinajstić information content (AvgIpc) is 2.28. The molecule has 4 nitrogen and oxygen atoms in total. The zero-order valence-electron chi connectivity index (χ0n) is 11.8. The molecule has 0 amide bonds. The number of nitrogens with one attached hydrogen (secondary N) is 1. The molecule has 1 aliphatic rings. The number of nitrogens with zero attached hydrogens (tertiary/aromatic N) is 1. The van der Waals surface area contributed by atoms with Crippen LogP contribution >= 0.6 is 12.2 Å². The molecule has 0 unspecified atom stereocenters. The minimum Gasteiger partial charge on any atom is -0.481 e. The highest BCUT2D eigenvalue weighted by atomic mass is 32.1. The third-order valence-corrected chi connectivity index (χ3v) is 3.39. The number of carboxylic acids is 1. The van der Waals surface area contributed by atoms with Gasteiger partial charge in [0.1, 0.15) is 0 Å². The van der Waals surface area contributed by atoms with Gasteiger partial charge in [-0.05, 0) is 56.8 Å². The van der Waals surface area contributed by atoms with Crippen molar-refractivity contribution in [1.82, 2.24) is 5.32 Å². The Labute approximate surface area is 124 Å². The van der Waals surface area contributed by atoms with Crippen LogP contribution in [0.5, 0.6) is 0 Å². The van der Waals surface area contributed by atoms with Gasteiger partial charge in [0, 0.05) is 11.4 Å². The minimum atomic E-state index is -0.828. The summed E-state index contributed by atoms with van der Waals surface area (Å²) in [6.45, 7) is 6.15. The van der Waals surface area contributed by atoms with Crippen molar-refractivity contribution in [2.45, 2.75) is 32.7 Å². The van der Waals surface area contributed by atoms with Gasteiger partial charge in [0.2, 0.25) is 0 Å². The first kappa shape index (κ1) is 14.5. The molecule has 1 aromatic carbocycles. The number of hydrogen-bond acceptors (Lipinski definition) is 2. The second-order valence-electron chi connectivity index (χ2n) is 5.51. The average molecular weight is 290 g/mol. The van der Waals surface area contributed by atoms with E-state index in [1.165, 1.54) is 0 Å². The zero-order chi connectivity index (χ0) is 14.9. The molecule has 0 radical (unpaired) electrons. The Morgan fingerprint density at radius 3 is 2.45 bits per heavy atom. The van der Waals surface area contributed by atoms with Crippen molar-refractivity contribution in [3.05, 3.63) is 41.6 Å². The molecule has 1 heterocycles. The topological polar surface area (TPSA) is 52.6 Å². The van der Waals surface area contributed by atoms with Crippen LogP contribution in [-0.4, -0.2) is 21.7 Å². The molecule has 1 aromatic rings. The Morgan fingerprint density at radius 1 is 1.35 bits per heavy atom. The molecule has 0 fully saturated rings. The molecule has 0 aliphatic carbocycles. The summed E-state index contributed by atoms with van der Waals surface area (Å²) in [5, 5.41) is 12.7. The summed E-state index contributed by atoms with van der Waals surface area (Å²) in [4.78, 5) is 12.6. The molecule has 0 bridgehead atoms. The van der Waals surface area contributed by atoms with Crippen LogP contribution in [0.4, 0.5) is 5.69 Å². The third kappa shape index (κ3) is 3.17. The number of allylic oxidation sites excluding steroid dienone is 1. The van der Waals surface area contributed by atoms with Crippen molar-refractivity contribution in [3.8, 4) is 0 Å². The maximum atomic E-state index is 10.7. The Kier molecular flexibility index (Phi) is 3.81. The molecular formula is C15H18N2O2S. The molecular weight excluding hydrogens is 272 g/mol. The Hall–Kier alpha value is -1.88. The number of rotatable bonds is 3. The highest BCUT2D eigenvalue weighted by molar-refractivity contribution is 7.80. The fraction of sp³-hybridized carbons (Fsp3) is 0.333. The molecule has 5 heteroatoms. The van der Waals surface area contributed by atoms with Crippen LogP contribution < -0.4 is 10.2 Å². The first-order valence-corrected chi connectivity index (χ1v) is 6.82. The monoisotopic (exact) mass is 290 g/mol. The first-order chi connectivity index (χ1) is 9.28. The number of hydrogen-bond donors (Lipinski definition) is 2. The molecule has 0 spiro atoms. The molecule has 0 saturated heterocycles. The van der Waals surface area contributed by atoms with E-state index < -0.39 is 5.97 Å². The Balaban J connectivity index is 2.27. The van der Waals surface area contributed by atoms with E-state index >= 15 is 0 Å². The summed E-state index contributed by atoms with van der Waals surface area (Å²) in [5.74, 6) is -0.828. The van der Waals surface area contributed by atoms with Crippen LogP contribution in [0.2, 0.25) is 0 Å². The van der Waals surface area contributed by atoms with Crippen molar-refractivity contribution in [3.63, 3.8) is 0 Å². The van der Waals surface area contributed by atoms with E-state index in [2.05, 4.69) is 25.2 Å². The van der Waals surface area contributed by atoms with E-state index in [1.807, 2.05) is 36.1 Å². The molecule has 106 valence electrons. The smallest absolute Gasteiger partial charge is 0.307 e. The SMILES string of the molecule is CC1=CC(C)(C)NC(=S)N1c1ccc(CC(=O)O)cc1. The van der Waals surface area contributed by atoms with Gasteiger partial charge in [-0.2, -0.15) is 0 Å². The minimum absolute atomic E-state index is 0.0326. The molecule has 1 aliphatic heterocycles. The number of anilines is 1. The zero-order valence-corrected chi connectivity index (χ0v) is 12.6. The van der Waals surface area contributed by atoms with Crippen molar-refractivity contribution >= 4 is 29.0 Å². The fourth-order valence-corrected chi connectivity index (χ4v) is 2.89. The molecule has 2 N–H and O–H groups in total. The van der Waals surface area contributed by atoms with Gasteiger partial charge in [0.05, 0.1) is 12.0 Å². The normalized spacial score (nSPS) is 17.4. The van der Waals surface area contributed by atoms with Crippen molar-refractivity contribution in [1.29, 1.82) is 0 Å². The summed E-state index contributed by atoms with van der Waals surface area (Å²) in [6, 6.07) is 7.42. The number of thiocarbonyl (C=S) groups is 1. The van der Waals surface area contributed by atoms with E-state index in [-0.39, 0.29) is 12.0 Å². The van der Waals surface area contributed by atoms with Gasteiger partial charge >= 0.3 is 5.97 Å². The van der Waals surface area contributed by atoms with E-state index in [1.54, 1.807) is 0 Å². The van der Waals surface area contributed by atoms with Gasteiger partial charge in [-0.15, -0.1) is 0 Å². The van der Waals surface area contributed by atoms with Crippen molar-refractivity contribution in [2.75, 3.05) is 4.90 Å². The second kappa shape index (κ2) is 5.25. The van der Waals surface area contributed by atoms with Gasteiger partial charge < -0.3 is 10.4 Å². The summed E-state index contributed by atoms with van der Waals surface area (Å²) in [5.41, 5.74) is 2.62. The molecule has 0 aromatic heterocycles. The Bertz CT molecular complexity index is 576. The van der Waals surface area contributed by atoms with E-state index in [0.717, 1.165) is 16.9 Å². The highest BCUT2D eigenvalue weighted by Crippen LogP contribution is 2.26. The van der Waals surface area contributed by atoms with Crippen LogP contribution in [0.1, 0.15) is 26.3 Å². The predicted octanol–water partition coefficient (Wildman–Crippen LogP) is 2.69. The lowest BCUT2D eigenvalue weighted by atomic mass is 10.0. The van der Waals surface area contributed by atoms with Crippen LogP contribution in [0.25, 0.3) is 0 Å². The molecule has 2 rings (SSSR count). The largest absolute Gasteiger partial charge is 0.481 e. The van der Waals surface area contributed by atoms with Crippen LogP contribution in [-0.2, 0) is 11.2 Å². The summed E-state index contributed by atoms with van der Waals surface area (Å²) in [6.07, 6.45) is 2.15. The number of carboxylic acid groups (broad SMARTS) is 1. The molecule has 0 saturated carbocycles. The molecule has 20 heavy (non-hydrogen) atoms. The van der Waals surface area contributed by atoms with E-state index in [0.29, 0.717) is 5.11 Å². The molecule has 0 atom stereocenters. The van der Waals surface area contributed by atoms with Crippen LogP contribution in [0.3, 0.4) is 0 Å². The summed E-state index contributed by atoms with van der Waals surface area (Å²) in [7, 11) is 0. The lowest BCUT2D eigenvalue weighted by Gasteiger charge is -2.38. The maximum Gasteiger partial charge on any atom is 0.307 e. The summed E-state index contributed by atoms with van der Waals surface area (Å²) >= 11 is 5.42. The first-order valence-electron chi connectivity index (χ1n) is 6.41. The van der Waals surface area contributed by atoms with Crippen molar-refractivity contribution in [2.24, 2.45) is 0 Å². The van der Waals surface area contributed by atoms with E-state index in [9.17, 15) is 4.79 Å². The quantitative estimate of drug-likeness (QED) is 0.838. The maximum absolute atomic E-state index is 10.7. The van der Waals surface area contributed by atoms with Crippen LogP contribution in [0.15, 0.2) is 36.0 Å². The van der Waals surface area contributed by atoms with Gasteiger partial charge in [0.15, 0.2) is 5.11 Å². The predicted molar refractivity (Wildman–Crippen MR) is 83.8 cm³/mol. The van der Waals surface area contributed by atoms with Gasteiger partial charge in [-0.1, -0.05) is 12.1 Å². The van der Waals surface area contributed by atoms with Crippen LogP contribution in [0, 0.1) is 0 Å². The van der Waals surface area contributed by atoms with Crippen molar-refractivity contribution < 1.29 is 9.90 Å². The number of benzene rings is 1. The van der Waals surface area contributed by atoms with Gasteiger partial charge in [0.25, 0.3) is 0 Å². The number of carbonyl (C=O) groups is 1. The summed E-state index contributed by atoms with van der Waals surface area (Å²) < 4.78 is 0. The third-order valence-electron chi connectivity index (χ3n) is 3.10.